The van der Waals surface area contributed by atoms with Crippen LogP contribution in [0.3, 0.4) is 0 Å². The monoisotopic (exact) mass is 444 g/mol. The number of hydrogen-bond acceptors (Lipinski definition) is 7. The van der Waals surface area contributed by atoms with Crippen LogP contribution in [0.4, 0.5) is 0 Å². The first kappa shape index (κ1) is 25.7. The van der Waals surface area contributed by atoms with Gasteiger partial charge in [-0.15, -0.1) is 0 Å². The van der Waals surface area contributed by atoms with E-state index in [1.165, 1.54) is 36.9 Å². The third-order valence-electron chi connectivity index (χ3n) is 5.19. The molecule has 1 atom stereocenters. The molecule has 8 heteroatoms. The van der Waals surface area contributed by atoms with Crippen LogP contribution >= 0.6 is 0 Å². The van der Waals surface area contributed by atoms with Crippen LogP contribution in [0.25, 0.3) is 0 Å². The molecule has 1 saturated heterocycles. The Morgan fingerprint density at radius 3 is 2.78 bits per heavy atom. The lowest BCUT2D eigenvalue weighted by Crippen LogP contribution is -2.49. The van der Waals surface area contributed by atoms with Gasteiger partial charge in [0.2, 0.25) is 12.3 Å². The van der Waals surface area contributed by atoms with Crippen molar-refractivity contribution in [2.24, 2.45) is 10.7 Å². The standard InChI is InChI=1S/C12H23N5O2.C12H17N/c1-3-5-6-19-12-16-9(13)7-15-11(18)8-14-10(4-2)17-12;1-11-5-2-3-6-12(9-11)10-13-7-4-8-13/h7,12,16H,3-6,8,13H2,1-2H3,(H,14,17)(H,15,18);3,5-6,9H,2,4,7-8,10H2,1H3/b9-7+;. The minimum atomic E-state index is -0.448. The average molecular weight is 445 g/mol. The number of allylic oxidation sites excluding steroid dienone is 4. The molecule has 0 radical (unpaired) electrons. The highest BCUT2D eigenvalue weighted by atomic mass is 16.5. The second-order valence-corrected chi connectivity index (χ2v) is 8.11. The third kappa shape index (κ3) is 10.2. The van der Waals surface area contributed by atoms with Crippen LogP contribution in [-0.2, 0) is 9.53 Å². The van der Waals surface area contributed by atoms with Gasteiger partial charge in [0, 0.05) is 19.2 Å². The van der Waals surface area contributed by atoms with Gasteiger partial charge < -0.3 is 26.4 Å². The molecule has 2 aliphatic heterocycles. The van der Waals surface area contributed by atoms with E-state index in [0.29, 0.717) is 24.7 Å². The van der Waals surface area contributed by atoms with Crippen LogP contribution < -0.4 is 21.7 Å². The molecule has 5 N–H and O–H groups in total. The Morgan fingerprint density at radius 1 is 1.28 bits per heavy atom. The SMILES string of the molecule is CC1=CCC=CC(CN2CCC2)=C1.CCCCOC1NC(CC)=NCC(=O)N/C=C(\N)N1. The molecular weight excluding hydrogens is 404 g/mol. The fourth-order valence-electron chi connectivity index (χ4n) is 3.21. The van der Waals surface area contributed by atoms with Crippen molar-refractivity contribution in [1.82, 2.24) is 20.9 Å². The molecule has 1 fully saturated rings. The van der Waals surface area contributed by atoms with Gasteiger partial charge in [0.05, 0.1) is 6.61 Å². The highest BCUT2D eigenvalue weighted by molar-refractivity contribution is 5.86. The molecule has 0 bridgehead atoms. The van der Waals surface area contributed by atoms with Crippen LogP contribution in [0.2, 0.25) is 0 Å². The maximum absolute atomic E-state index is 11.4. The van der Waals surface area contributed by atoms with Gasteiger partial charge in [0.15, 0.2) is 0 Å². The molecule has 178 valence electrons. The summed E-state index contributed by atoms with van der Waals surface area (Å²) in [6, 6.07) is 0. The van der Waals surface area contributed by atoms with Crippen LogP contribution in [-0.4, -0.2) is 55.8 Å². The average Bonchev–Trinajstić information content (AvgIpc) is 2.96. The quantitative estimate of drug-likeness (QED) is 0.450. The molecule has 1 aliphatic carbocycles. The van der Waals surface area contributed by atoms with E-state index in [4.69, 9.17) is 10.5 Å². The summed E-state index contributed by atoms with van der Waals surface area (Å²) in [5.41, 5.74) is 8.61. The van der Waals surface area contributed by atoms with Crippen molar-refractivity contribution in [2.75, 3.05) is 32.8 Å². The maximum Gasteiger partial charge on any atom is 0.245 e. The molecule has 32 heavy (non-hydrogen) atoms. The molecule has 0 saturated carbocycles. The number of likely N-dealkylation sites (tertiary alicyclic amines) is 1. The summed E-state index contributed by atoms with van der Waals surface area (Å²) in [6.45, 7) is 10.6. The van der Waals surface area contributed by atoms with Crippen molar-refractivity contribution in [3.05, 3.63) is 47.5 Å². The van der Waals surface area contributed by atoms with Crippen molar-refractivity contribution >= 4 is 11.7 Å². The summed E-state index contributed by atoms with van der Waals surface area (Å²) in [4.78, 5) is 18.1. The molecule has 1 amide bonds. The van der Waals surface area contributed by atoms with Gasteiger partial charge >= 0.3 is 0 Å². The second kappa shape index (κ2) is 14.5. The number of nitrogens with two attached hydrogens (primary N) is 1. The fraction of sp³-hybridized carbons (Fsp3) is 0.583. The Kier molecular flexibility index (Phi) is 11.6. The molecule has 3 aliphatic rings. The third-order valence-corrected chi connectivity index (χ3v) is 5.19. The highest BCUT2D eigenvalue weighted by Gasteiger charge is 2.14. The molecule has 0 aromatic heterocycles. The van der Waals surface area contributed by atoms with Gasteiger partial charge in [0.25, 0.3) is 0 Å². The minimum absolute atomic E-state index is 0.0711. The summed E-state index contributed by atoms with van der Waals surface area (Å²) in [5.74, 6) is 0.835. The van der Waals surface area contributed by atoms with Gasteiger partial charge in [-0.2, -0.15) is 0 Å². The van der Waals surface area contributed by atoms with E-state index in [0.717, 1.165) is 25.8 Å². The lowest BCUT2D eigenvalue weighted by atomic mass is 10.1. The summed E-state index contributed by atoms with van der Waals surface area (Å²) >= 11 is 0. The number of rotatable bonds is 7. The van der Waals surface area contributed by atoms with Gasteiger partial charge in [0.1, 0.15) is 18.2 Å². The Hall–Kier alpha value is -2.58. The number of carbonyl (C=O) groups is 1. The summed E-state index contributed by atoms with van der Waals surface area (Å²) < 4.78 is 5.65. The number of carbonyl (C=O) groups excluding carboxylic acids is 1. The number of hydrogen-bond donors (Lipinski definition) is 4. The van der Waals surface area contributed by atoms with Gasteiger partial charge in [-0.25, -0.2) is 0 Å². The van der Waals surface area contributed by atoms with E-state index in [1.54, 1.807) is 0 Å². The smallest absolute Gasteiger partial charge is 0.245 e. The largest absolute Gasteiger partial charge is 0.384 e. The van der Waals surface area contributed by atoms with Crippen LogP contribution in [0.1, 0.15) is 52.9 Å². The minimum Gasteiger partial charge on any atom is -0.384 e. The lowest BCUT2D eigenvalue weighted by Gasteiger charge is -2.31. The van der Waals surface area contributed by atoms with E-state index in [2.05, 4.69) is 64.0 Å². The number of aliphatic imine (C=N–C) groups is 1. The van der Waals surface area contributed by atoms with Crippen molar-refractivity contribution in [3.63, 3.8) is 0 Å². The topological polar surface area (TPSA) is 104 Å². The molecule has 0 aromatic carbocycles. The molecule has 3 rings (SSSR count). The van der Waals surface area contributed by atoms with Crippen molar-refractivity contribution in [3.8, 4) is 0 Å². The second-order valence-electron chi connectivity index (χ2n) is 8.11. The number of nitrogens with one attached hydrogen (secondary N) is 3. The first-order valence-corrected chi connectivity index (χ1v) is 11.7. The highest BCUT2D eigenvalue weighted by Crippen LogP contribution is 2.15. The zero-order chi connectivity index (χ0) is 23.2. The first-order chi connectivity index (χ1) is 15.5. The Labute approximate surface area is 192 Å². The van der Waals surface area contributed by atoms with E-state index in [9.17, 15) is 4.79 Å². The van der Waals surface area contributed by atoms with E-state index in [1.807, 2.05) is 6.92 Å². The molecule has 1 unspecified atom stereocenters. The van der Waals surface area contributed by atoms with Crippen LogP contribution in [0, 0.1) is 0 Å². The predicted molar refractivity (Wildman–Crippen MR) is 131 cm³/mol. The zero-order valence-corrected chi connectivity index (χ0v) is 19.8. The number of amides is 1. The van der Waals surface area contributed by atoms with E-state index >= 15 is 0 Å². The first-order valence-electron chi connectivity index (χ1n) is 11.7. The molecule has 0 aromatic rings. The fourth-order valence-corrected chi connectivity index (χ4v) is 3.21. The van der Waals surface area contributed by atoms with Crippen LogP contribution in [0.15, 0.2) is 52.5 Å². The number of unbranched alkanes of at least 4 members (excludes halogenated alkanes) is 1. The number of ether oxygens (including phenoxy) is 1. The number of amidine groups is 1. The van der Waals surface area contributed by atoms with E-state index < -0.39 is 6.35 Å². The van der Waals surface area contributed by atoms with Crippen molar-refractivity contribution in [1.29, 1.82) is 0 Å². The zero-order valence-electron chi connectivity index (χ0n) is 19.8. The Balaban J connectivity index is 0.000000242. The lowest BCUT2D eigenvalue weighted by molar-refractivity contribution is -0.118. The van der Waals surface area contributed by atoms with Gasteiger partial charge in [-0.1, -0.05) is 50.1 Å². The van der Waals surface area contributed by atoms with Crippen LogP contribution in [0.5, 0.6) is 0 Å². The summed E-state index contributed by atoms with van der Waals surface area (Å²) in [5, 5.41) is 8.60. The van der Waals surface area contributed by atoms with E-state index in [-0.39, 0.29) is 12.5 Å². The molecular formula is C24H40N6O2. The van der Waals surface area contributed by atoms with Gasteiger partial charge in [-0.05, 0) is 44.8 Å². The Bertz CT molecular complexity index is 750. The molecule has 8 nitrogen and oxygen atoms in total. The normalized spacial score (nSPS) is 23.2. The molecule has 0 spiro atoms. The van der Waals surface area contributed by atoms with Gasteiger partial charge in [-0.3, -0.25) is 14.7 Å². The molecule has 2 heterocycles. The maximum atomic E-state index is 11.4. The summed E-state index contributed by atoms with van der Waals surface area (Å²) in [7, 11) is 0. The predicted octanol–water partition coefficient (Wildman–Crippen LogP) is 2.49. The van der Waals surface area contributed by atoms with Crippen molar-refractivity contribution < 1.29 is 9.53 Å². The Morgan fingerprint density at radius 2 is 2.09 bits per heavy atom. The van der Waals surface area contributed by atoms with Crippen molar-refractivity contribution in [2.45, 2.75) is 59.2 Å². The summed E-state index contributed by atoms with van der Waals surface area (Å²) in [6.07, 6.45) is 15.3. The number of nitrogens with zero attached hydrogens (tertiary/aromatic N) is 2.